The van der Waals surface area contributed by atoms with Gasteiger partial charge in [-0.05, 0) is 49.6 Å². The number of benzene rings is 1. The van der Waals surface area contributed by atoms with E-state index in [0.717, 1.165) is 21.9 Å². The summed E-state index contributed by atoms with van der Waals surface area (Å²) in [6, 6.07) is 6.96. The lowest BCUT2D eigenvalue weighted by Crippen LogP contribution is -2.17. The Bertz CT molecular complexity index is 1260. The lowest BCUT2D eigenvalue weighted by Gasteiger charge is -2.08. The van der Waals surface area contributed by atoms with Crippen molar-refractivity contribution in [2.45, 2.75) is 26.7 Å². The number of nitrogens with one attached hydrogen (secondary N) is 1. The Morgan fingerprint density at radius 3 is 2.75 bits per heavy atom. The molecule has 7 heteroatoms. The number of amides is 1. The number of halogens is 1. The van der Waals surface area contributed by atoms with Gasteiger partial charge in [0.15, 0.2) is 0 Å². The van der Waals surface area contributed by atoms with Crippen molar-refractivity contribution in [2.75, 3.05) is 5.32 Å². The average Bonchev–Trinajstić information content (AvgIpc) is 3.02. The minimum atomic E-state index is -0.440. The number of carbonyl (C=O) groups excluding carboxylic acids is 1. The SMILES string of the molecule is Cc1coc2cc3oc(=O)c(CCC(=O)Nc4ccc(Cl)cn4)c(C)c3cc12. The van der Waals surface area contributed by atoms with Crippen LogP contribution in [-0.4, -0.2) is 10.9 Å². The first-order chi connectivity index (χ1) is 13.4. The molecule has 0 aliphatic carbocycles. The normalized spacial score (nSPS) is 11.2. The minimum Gasteiger partial charge on any atom is -0.464 e. The summed E-state index contributed by atoms with van der Waals surface area (Å²) in [5.74, 6) is 0.171. The van der Waals surface area contributed by atoms with E-state index in [1.54, 1.807) is 24.5 Å². The molecular formula is C21H17ClN2O4. The summed E-state index contributed by atoms with van der Waals surface area (Å²) >= 11 is 5.78. The average molecular weight is 397 g/mol. The molecule has 4 aromatic rings. The quantitative estimate of drug-likeness (QED) is 0.502. The molecule has 0 saturated carbocycles. The standard InChI is InChI=1S/C21H17ClN2O4/c1-11-10-27-17-8-18-16(7-15(11)17)12(2)14(21(26)28-18)4-6-20(25)24-19-5-3-13(22)9-23-19/h3,5,7-10H,4,6H2,1-2H3,(H,23,24,25). The van der Waals surface area contributed by atoms with Crippen molar-refractivity contribution in [1.82, 2.24) is 4.98 Å². The zero-order valence-corrected chi connectivity index (χ0v) is 16.1. The molecule has 3 aromatic heterocycles. The van der Waals surface area contributed by atoms with Crippen molar-refractivity contribution in [3.63, 3.8) is 0 Å². The second-order valence-electron chi connectivity index (χ2n) is 6.67. The Morgan fingerprint density at radius 2 is 2.00 bits per heavy atom. The second kappa shape index (κ2) is 7.13. The van der Waals surface area contributed by atoms with E-state index >= 15 is 0 Å². The van der Waals surface area contributed by atoms with Gasteiger partial charge in [-0.3, -0.25) is 4.79 Å². The number of rotatable bonds is 4. The van der Waals surface area contributed by atoms with Gasteiger partial charge < -0.3 is 14.2 Å². The highest BCUT2D eigenvalue weighted by atomic mass is 35.5. The summed E-state index contributed by atoms with van der Waals surface area (Å²) in [6.07, 6.45) is 3.53. The molecule has 0 atom stereocenters. The largest absolute Gasteiger partial charge is 0.464 e. The molecule has 0 aliphatic heterocycles. The van der Waals surface area contributed by atoms with Crippen molar-refractivity contribution in [3.05, 3.63) is 68.9 Å². The molecule has 0 bridgehead atoms. The van der Waals surface area contributed by atoms with Crippen LogP contribution in [0, 0.1) is 13.8 Å². The lowest BCUT2D eigenvalue weighted by molar-refractivity contribution is -0.116. The molecule has 0 unspecified atom stereocenters. The van der Waals surface area contributed by atoms with E-state index in [4.69, 9.17) is 20.4 Å². The number of aromatic nitrogens is 1. The van der Waals surface area contributed by atoms with Crippen LogP contribution in [0.1, 0.15) is 23.1 Å². The first-order valence-electron chi connectivity index (χ1n) is 8.78. The fourth-order valence-corrected chi connectivity index (χ4v) is 3.33. The molecule has 6 nitrogen and oxygen atoms in total. The Kier molecular flexibility index (Phi) is 4.65. The van der Waals surface area contributed by atoms with Crippen LogP contribution in [0.3, 0.4) is 0 Å². The third-order valence-corrected chi connectivity index (χ3v) is 5.00. The summed E-state index contributed by atoms with van der Waals surface area (Å²) in [4.78, 5) is 28.7. The number of aryl methyl sites for hydroxylation is 2. The first-order valence-corrected chi connectivity index (χ1v) is 9.15. The summed E-state index contributed by atoms with van der Waals surface area (Å²) in [7, 11) is 0. The predicted molar refractivity (Wildman–Crippen MR) is 108 cm³/mol. The molecule has 0 aliphatic rings. The van der Waals surface area contributed by atoms with E-state index in [1.807, 2.05) is 19.9 Å². The van der Waals surface area contributed by atoms with E-state index in [-0.39, 0.29) is 18.7 Å². The molecule has 1 amide bonds. The Balaban J connectivity index is 1.60. The van der Waals surface area contributed by atoms with Crippen LogP contribution >= 0.6 is 11.6 Å². The number of furan rings is 1. The van der Waals surface area contributed by atoms with Gasteiger partial charge in [-0.25, -0.2) is 9.78 Å². The monoisotopic (exact) mass is 396 g/mol. The van der Waals surface area contributed by atoms with Crippen molar-refractivity contribution in [2.24, 2.45) is 0 Å². The van der Waals surface area contributed by atoms with E-state index in [2.05, 4.69) is 10.3 Å². The van der Waals surface area contributed by atoms with Gasteiger partial charge in [0.2, 0.25) is 5.91 Å². The number of hydrogen-bond acceptors (Lipinski definition) is 5. The van der Waals surface area contributed by atoms with Crippen molar-refractivity contribution >= 4 is 45.3 Å². The first kappa shape index (κ1) is 18.3. The number of anilines is 1. The van der Waals surface area contributed by atoms with Crippen LogP contribution in [0.15, 0.2) is 50.4 Å². The summed E-state index contributed by atoms with van der Waals surface area (Å²) in [5.41, 5.74) is 3.03. The van der Waals surface area contributed by atoms with Gasteiger partial charge in [-0.15, -0.1) is 0 Å². The summed E-state index contributed by atoms with van der Waals surface area (Å²) < 4.78 is 11.0. The topological polar surface area (TPSA) is 85.3 Å². The Morgan fingerprint density at radius 1 is 1.18 bits per heavy atom. The maximum absolute atomic E-state index is 12.4. The predicted octanol–water partition coefficient (Wildman–Crippen LogP) is 4.78. The highest BCUT2D eigenvalue weighted by Gasteiger charge is 2.15. The zero-order valence-electron chi connectivity index (χ0n) is 15.3. The van der Waals surface area contributed by atoms with Crippen molar-refractivity contribution < 1.29 is 13.6 Å². The van der Waals surface area contributed by atoms with Crippen LogP contribution in [0.5, 0.6) is 0 Å². The molecule has 0 saturated heterocycles. The smallest absolute Gasteiger partial charge is 0.339 e. The highest BCUT2D eigenvalue weighted by Crippen LogP contribution is 2.29. The minimum absolute atomic E-state index is 0.133. The van der Waals surface area contributed by atoms with Gasteiger partial charge in [0.25, 0.3) is 0 Å². The maximum Gasteiger partial charge on any atom is 0.339 e. The van der Waals surface area contributed by atoms with Crippen molar-refractivity contribution in [1.29, 1.82) is 0 Å². The van der Waals surface area contributed by atoms with Crippen molar-refractivity contribution in [3.8, 4) is 0 Å². The van der Waals surface area contributed by atoms with Crippen LogP contribution < -0.4 is 10.9 Å². The van der Waals surface area contributed by atoms with Crippen LogP contribution in [0.25, 0.3) is 21.9 Å². The van der Waals surface area contributed by atoms with E-state index in [0.29, 0.717) is 27.6 Å². The third-order valence-electron chi connectivity index (χ3n) is 4.77. The van der Waals surface area contributed by atoms with Crippen LogP contribution in [0.4, 0.5) is 5.82 Å². The Labute approximate surface area is 165 Å². The molecule has 1 N–H and O–H groups in total. The fourth-order valence-electron chi connectivity index (χ4n) is 3.22. The van der Waals surface area contributed by atoms with E-state index in [9.17, 15) is 9.59 Å². The van der Waals surface area contributed by atoms with E-state index < -0.39 is 5.63 Å². The molecule has 3 heterocycles. The lowest BCUT2D eigenvalue weighted by atomic mass is 10.0. The van der Waals surface area contributed by atoms with Crippen LogP contribution in [0.2, 0.25) is 5.02 Å². The van der Waals surface area contributed by atoms with Crippen LogP contribution in [-0.2, 0) is 11.2 Å². The number of carbonyl (C=O) groups is 1. The van der Waals surface area contributed by atoms with Gasteiger partial charge >= 0.3 is 5.63 Å². The number of hydrogen-bond donors (Lipinski definition) is 1. The number of fused-ring (bicyclic) bond motifs is 2. The van der Waals surface area contributed by atoms with Gasteiger partial charge in [0.1, 0.15) is 17.0 Å². The second-order valence-corrected chi connectivity index (χ2v) is 7.10. The molecule has 4 rings (SSSR count). The van der Waals surface area contributed by atoms with Gasteiger partial charge in [-0.2, -0.15) is 0 Å². The fraction of sp³-hybridized carbons (Fsp3) is 0.190. The highest BCUT2D eigenvalue weighted by molar-refractivity contribution is 6.30. The molecule has 0 spiro atoms. The zero-order chi connectivity index (χ0) is 19.8. The third kappa shape index (κ3) is 3.39. The molecule has 0 radical (unpaired) electrons. The molecule has 28 heavy (non-hydrogen) atoms. The number of nitrogens with zero attached hydrogens (tertiary/aromatic N) is 1. The molecular weight excluding hydrogens is 380 g/mol. The summed E-state index contributed by atoms with van der Waals surface area (Å²) in [6.45, 7) is 3.83. The number of pyridine rings is 1. The van der Waals surface area contributed by atoms with Gasteiger partial charge in [-0.1, -0.05) is 11.6 Å². The van der Waals surface area contributed by atoms with E-state index in [1.165, 1.54) is 6.20 Å². The van der Waals surface area contributed by atoms with Gasteiger partial charge in [0.05, 0.1) is 11.3 Å². The van der Waals surface area contributed by atoms with Gasteiger partial charge in [0, 0.05) is 35.0 Å². The maximum atomic E-state index is 12.4. The summed E-state index contributed by atoms with van der Waals surface area (Å²) in [5, 5.41) is 4.99. The molecule has 1 aromatic carbocycles. The Hall–Kier alpha value is -3.12. The molecule has 142 valence electrons. The molecule has 0 fully saturated rings.